The molecule has 0 unspecified atom stereocenters. The highest BCUT2D eigenvalue weighted by Gasteiger charge is 2.25. The van der Waals surface area contributed by atoms with Crippen LogP contribution in [-0.4, -0.2) is 66.6 Å². The van der Waals surface area contributed by atoms with Crippen LogP contribution in [0.4, 0.5) is 0 Å². The lowest BCUT2D eigenvalue weighted by atomic mass is 9.95. The molecule has 3 heterocycles. The summed E-state index contributed by atoms with van der Waals surface area (Å²) in [6.07, 6.45) is 3.47. The quantitative estimate of drug-likeness (QED) is 0.899. The first kappa shape index (κ1) is 16.5. The molecule has 0 saturated carbocycles. The lowest BCUT2D eigenvalue weighted by Crippen LogP contribution is -2.44. The highest BCUT2D eigenvalue weighted by molar-refractivity contribution is 6.30. The molecule has 6 nitrogen and oxygen atoms in total. The van der Waals surface area contributed by atoms with E-state index in [0.29, 0.717) is 11.5 Å². The van der Waals surface area contributed by atoms with Crippen molar-refractivity contribution in [1.82, 2.24) is 14.8 Å². The molecule has 126 valence electrons. The number of halogens is 1. The monoisotopic (exact) mass is 339 g/mol. The summed E-state index contributed by atoms with van der Waals surface area (Å²) in [7, 11) is 0. The van der Waals surface area contributed by atoms with E-state index in [0.717, 1.165) is 58.8 Å². The van der Waals surface area contributed by atoms with E-state index in [2.05, 4.69) is 9.88 Å². The fraction of sp³-hybridized carbons (Fsp3) is 0.625. The van der Waals surface area contributed by atoms with Crippen molar-refractivity contribution in [1.29, 1.82) is 0 Å². The number of aromatic amines is 1. The number of H-pyrrole nitrogens is 1. The Balaban J connectivity index is 1.52. The molecule has 0 radical (unpaired) electrons. The van der Waals surface area contributed by atoms with Gasteiger partial charge in [0.1, 0.15) is 5.02 Å². The second-order valence-corrected chi connectivity index (χ2v) is 6.62. The molecule has 7 heteroatoms. The Morgan fingerprint density at radius 2 is 1.96 bits per heavy atom. The standard InChI is InChI=1S/C16H22ClN3O3/c17-14-9-13(10-18-15(14)21)16(22)20-3-1-12(2-4-20)11-19-5-7-23-8-6-19/h9-10,12H,1-8,11H2,(H,18,21). The zero-order valence-corrected chi connectivity index (χ0v) is 13.8. The first-order valence-electron chi connectivity index (χ1n) is 8.11. The van der Waals surface area contributed by atoms with Crippen LogP contribution in [0, 0.1) is 5.92 Å². The number of pyridine rings is 1. The molecule has 2 aliphatic rings. The van der Waals surface area contributed by atoms with Crippen molar-refractivity contribution in [2.75, 3.05) is 45.9 Å². The van der Waals surface area contributed by atoms with Crippen molar-refractivity contribution in [3.63, 3.8) is 0 Å². The number of hydrogen-bond donors (Lipinski definition) is 1. The van der Waals surface area contributed by atoms with Gasteiger partial charge in [0.15, 0.2) is 0 Å². The minimum atomic E-state index is -0.368. The zero-order chi connectivity index (χ0) is 16.2. The van der Waals surface area contributed by atoms with Crippen LogP contribution >= 0.6 is 11.6 Å². The second-order valence-electron chi connectivity index (χ2n) is 6.21. The van der Waals surface area contributed by atoms with Crippen LogP contribution in [0.3, 0.4) is 0 Å². The van der Waals surface area contributed by atoms with Crippen LogP contribution in [0.2, 0.25) is 5.02 Å². The summed E-state index contributed by atoms with van der Waals surface area (Å²) in [4.78, 5) is 30.6. The normalized spacial score (nSPS) is 20.7. The molecule has 1 amide bonds. The van der Waals surface area contributed by atoms with E-state index in [1.807, 2.05) is 4.90 Å². The third kappa shape index (κ3) is 4.13. The summed E-state index contributed by atoms with van der Waals surface area (Å²) in [5, 5.41) is 0.0538. The number of morpholine rings is 1. The van der Waals surface area contributed by atoms with Gasteiger partial charge in [0.25, 0.3) is 11.5 Å². The molecule has 0 aliphatic carbocycles. The van der Waals surface area contributed by atoms with Gasteiger partial charge in [-0.2, -0.15) is 0 Å². The minimum absolute atomic E-state index is 0.0538. The fourth-order valence-electron chi connectivity index (χ4n) is 3.23. The van der Waals surface area contributed by atoms with Crippen LogP contribution in [-0.2, 0) is 4.74 Å². The Bertz CT molecular complexity index is 605. The maximum Gasteiger partial charge on any atom is 0.266 e. The van der Waals surface area contributed by atoms with Crippen molar-refractivity contribution in [3.05, 3.63) is 33.2 Å². The largest absolute Gasteiger partial charge is 0.379 e. The minimum Gasteiger partial charge on any atom is -0.379 e. The number of hydrogen-bond acceptors (Lipinski definition) is 4. The highest BCUT2D eigenvalue weighted by atomic mass is 35.5. The SMILES string of the molecule is O=C(c1c[nH]c(=O)c(Cl)c1)N1CCC(CN2CCOCC2)CC1. The number of carbonyl (C=O) groups excluding carboxylic acids is 1. The molecule has 3 rings (SSSR count). The van der Waals surface area contributed by atoms with Crippen molar-refractivity contribution in [2.45, 2.75) is 12.8 Å². The van der Waals surface area contributed by atoms with Gasteiger partial charge in [-0.15, -0.1) is 0 Å². The summed E-state index contributed by atoms with van der Waals surface area (Å²) in [6, 6.07) is 1.45. The van der Waals surface area contributed by atoms with Crippen molar-refractivity contribution in [3.8, 4) is 0 Å². The summed E-state index contributed by atoms with van der Waals surface area (Å²) < 4.78 is 5.37. The predicted molar refractivity (Wildman–Crippen MR) is 88.0 cm³/mol. The molecule has 23 heavy (non-hydrogen) atoms. The van der Waals surface area contributed by atoms with Crippen molar-refractivity contribution < 1.29 is 9.53 Å². The average molecular weight is 340 g/mol. The van der Waals surface area contributed by atoms with Crippen molar-refractivity contribution >= 4 is 17.5 Å². The fourth-order valence-corrected chi connectivity index (χ4v) is 3.40. The second kappa shape index (κ2) is 7.47. The molecule has 2 saturated heterocycles. The van der Waals surface area contributed by atoms with Crippen LogP contribution in [0.25, 0.3) is 0 Å². The summed E-state index contributed by atoms with van der Waals surface area (Å²) >= 11 is 5.80. The first-order valence-corrected chi connectivity index (χ1v) is 8.49. The zero-order valence-electron chi connectivity index (χ0n) is 13.1. The van der Waals surface area contributed by atoms with Gasteiger partial charge in [0.05, 0.1) is 18.8 Å². The maximum atomic E-state index is 12.5. The van der Waals surface area contributed by atoms with E-state index in [4.69, 9.17) is 16.3 Å². The molecule has 2 aliphatic heterocycles. The van der Waals surface area contributed by atoms with E-state index >= 15 is 0 Å². The molecular weight excluding hydrogens is 318 g/mol. The third-order valence-corrected chi connectivity index (χ3v) is 4.91. The molecule has 0 spiro atoms. The van der Waals surface area contributed by atoms with Crippen LogP contribution in [0.5, 0.6) is 0 Å². The molecular formula is C16H22ClN3O3. The van der Waals surface area contributed by atoms with Crippen LogP contribution in [0.15, 0.2) is 17.1 Å². The van der Waals surface area contributed by atoms with Gasteiger partial charge in [0.2, 0.25) is 0 Å². The molecule has 2 fully saturated rings. The average Bonchev–Trinajstić information content (AvgIpc) is 2.58. The molecule has 0 aromatic carbocycles. The Kier molecular flexibility index (Phi) is 5.35. The van der Waals surface area contributed by atoms with Crippen LogP contribution in [0.1, 0.15) is 23.2 Å². The van der Waals surface area contributed by atoms with Gasteiger partial charge in [-0.05, 0) is 24.8 Å². The number of nitrogens with one attached hydrogen (secondary N) is 1. The first-order chi connectivity index (χ1) is 11.1. The highest BCUT2D eigenvalue weighted by Crippen LogP contribution is 2.20. The Hall–Kier alpha value is -1.37. The number of rotatable bonds is 3. The number of amides is 1. The van der Waals surface area contributed by atoms with Gasteiger partial charge >= 0.3 is 0 Å². The third-order valence-electron chi connectivity index (χ3n) is 4.63. The molecule has 1 aromatic heterocycles. The Morgan fingerprint density at radius 3 is 2.61 bits per heavy atom. The van der Waals surface area contributed by atoms with Gasteiger partial charge in [-0.3, -0.25) is 14.5 Å². The van der Waals surface area contributed by atoms with Gasteiger partial charge in [-0.1, -0.05) is 11.6 Å². The van der Waals surface area contributed by atoms with Gasteiger partial charge < -0.3 is 14.6 Å². The smallest absolute Gasteiger partial charge is 0.266 e. The molecule has 1 aromatic rings. The Labute approximate surface area is 140 Å². The topological polar surface area (TPSA) is 65.6 Å². The number of aromatic nitrogens is 1. The van der Waals surface area contributed by atoms with E-state index in [9.17, 15) is 9.59 Å². The predicted octanol–water partition coefficient (Wildman–Crippen LogP) is 1.21. The summed E-state index contributed by atoms with van der Waals surface area (Å²) in [6.45, 7) is 6.27. The number of ether oxygens (including phenoxy) is 1. The summed E-state index contributed by atoms with van der Waals surface area (Å²) in [5.41, 5.74) is 0.0775. The molecule has 1 N–H and O–H groups in total. The van der Waals surface area contributed by atoms with E-state index < -0.39 is 0 Å². The molecule has 0 bridgehead atoms. The van der Waals surface area contributed by atoms with E-state index in [-0.39, 0.29) is 16.5 Å². The number of nitrogens with zero attached hydrogens (tertiary/aromatic N) is 2. The lowest BCUT2D eigenvalue weighted by molar-refractivity contribution is 0.0243. The van der Waals surface area contributed by atoms with E-state index in [1.165, 1.54) is 12.3 Å². The number of piperidine rings is 1. The molecule has 0 atom stereocenters. The van der Waals surface area contributed by atoms with E-state index in [1.54, 1.807) is 0 Å². The van der Waals surface area contributed by atoms with Crippen molar-refractivity contribution in [2.24, 2.45) is 5.92 Å². The number of likely N-dealkylation sites (tertiary alicyclic amines) is 1. The summed E-state index contributed by atoms with van der Waals surface area (Å²) in [5.74, 6) is 0.573. The maximum absolute atomic E-state index is 12.5. The van der Waals surface area contributed by atoms with Crippen LogP contribution < -0.4 is 5.56 Å². The number of carbonyl (C=O) groups is 1. The van der Waals surface area contributed by atoms with Gasteiger partial charge in [0, 0.05) is 38.9 Å². The Morgan fingerprint density at radius 1 is 1.26 bits per heavy atom. The lowest BCUT2D eigenvalue weighted by Gasteiger charge is -2.36. The van der Waals surface area contributed by atoms with Gasteiger partial charge in [-0.25, -0.2) is 0 Å².